The van der Waals surface area contributed by atoms with E-state index in [1.807, 2.05) is 31.2 Å². The SMILES string of the molecule is CCOc1ccccc1C=CC(=O)c1ccc(SC(F)F)c(OC)c1. The summed E-state index contributed by atoms with van der Waals surface area (Å²) < 4.78 is 35.7. The van der Waals surface area contributed by atoms with Crippen LogP contribution in [0.3, 0.4) is 0 Å². The van der Waals surface area contributed by atoms with Crippen molar-refractivity contribution in [1.82, 2.24) is 0 Å². The second-order valence-corrected chi connectivity index (χ2v) is 5.94. The Morgan fingerprint density at radius 1 is 1.20 bits per heavy atom. The number of ketones is 1. The van der Waals surface area contributed by atoms with E-state index in [0.717, 1.165) is 5.56 Å². The summed E-state index contributed by atoms with van der Waals surface area (Å²) in [6.45, 7) is 2.41. The van der Waals surface area contributed by atoms with Crippen LogP contribution in [0.2, 0.25) is 0 Å². The molecule has 0 amide bonds. The fourth-order valence-electron chi connectivity index (χ4n) is 2.18. The van der Waals surface area contributed by atoms with Gasteiger partial charge in [0.25, 0.3) is 5.76 Å². The molecule has 2 aromatic carbocycles. The van der Waals surface area contributed by atoms with Crippen LogP contribution in [0.5, 0.6) is 11.5 Å². The van der Waals surface area contributed by atoms with Crippen LogP contribution in [0.1, 0.15) is 22.8 Å². The Morgan fingerprint density at radius 3 is 2.64 bits per heavy atom. The highest BCUT2D eigenvalue weighted by Crippen LogP contribution is 2.34. The Kier molecular flexibility index (Phi) is 7.01. The molecule has 3 nitrogen and oxygen atoms in total. The lowest BCUT2D eigenvalue weighted by molar-refractivity contribution is 0.104. The van der Waals surface area contributed by atoms with E-state index in [9.17, 15) is 13.6 Å². The molecule has 0 saturated carbocycles. The number of hydrogen-bond donors (Lipinski definition) is 0. The minimum Gasteiger partial charge on any atom is -0.496 e. The fraction of sp³-hybridized carbons (Fsp3) is 0.211. The van der Waals surface area contributed by atoms with Gasteiger partial charge in [0.2, 0.25) is 0 Å². The molecule has 0 unspecified atom stereocenters. The molecule has 0 spiro atoms. The molecule has 0 N–H and O–H groups in total. The first kappa shape index (κ1) is 19.0. The van der Waals surface area contributed by atoms with E-state index in [1.165, 1.54) is 31.4 Å². The second kappa shape index (κ2) is 9.22. The van der Waals surface area contributed by atoms with E-state index >= 15 is 0 Å². The molecule has 0 radical (unpaired) electrons. The van der Waals surface area contributed by atoms with Crippen LogP contribution in [-0.2, 0) is 0 Å². The third-order valence-electron chi connectivity index (χ3n) is 3.30. The summed E-state index contributed by atoms with van der Waals surface area (Å²) in [4.78, 5) is 12.6. The molecule has 0 bridgehead atoms. The first-order chi connectivity index (χ1) is 12.0. The highest BCUT2D eigenvalue weighted by molar-refractivity contribution is 7.99. The summed E-state index contributed by atoms with van der Waals surface area (Å²) in [7, 11) is 1.38. The summed E-state index contributed by atoms with van der Waals surface area (Å²) in [5.41, 5.74) is 1.15. The maximum Gasteiger partial charge on any atom is 0.289 e. The van der Waals surface area contributed by atoms with Gasteiger partial charge in [0.05, 0.1) is 18.6 Å². The van der Waals surface area contributed by atoms with Crippen LogP contribution < -0.4 is 9.47 Å². The molecule has 2 rings (SSSR count). The maximum absolute atomic E-state index is 12.5. The van der Waals surface area contributed by atoms with Gasteiger partial charge in [-0.25, -0.2) is 0 Å². The van der Waals surface area contributed by atoms with Gasteiger partial charge in [-0.05, 0) is 43.3 Å². The van der Waals surface area contributed by atoms with Crippen molar-refractivity contribution in [3.05, 3.63) is 59.7 Å². The summed E-state index contributed by atoms with van der Waals surface area (Å²) in [6.07, 6.45) is 3.09. The van der Waals surface area contributed by atoms with Crippen molar-refractivity contribution < 1.29 is 23.0 Å². The number of hydrogen-bond acceptors (Lipinski definition) is 4. The van der Waals surface area contributed by atoms with Crippen molar-refractivity contribution in [1.29, 1.82) is 0 Å². The number of methoxy groups -OCH3 is 1. The number of allylic oxidation sites excluding steroid dienone is 1. The predicted molar refractivity (Wildman–Crippen MR) is 95.8 cm³/mol. The van der Waals surface area contributed by atoms with Gasteiger partial charge in [-0.1, -0.05) is 30.0 Å². The lowest BCUT2D eigenvalue weighted by Crippen LogP contribution is -1.98. The topological polar surface area (TPSA) is 35.5 Å². The predicted octanol–water partition coefficient (Wildman–Crippen LogP) is 5.30. The number of carbonyl (C=O) groups is 1. The Balaban J connectivity index is 2.21. The van der Waals surface area contributed by atoms with Gasteiger partial charge in [0.15, 0.2) is 5.78 Å². The number of rotatable bonds is 8. The number of carbonyl (C=O) groups excluding carboxylic acids is 1. The zero-order valence-corrected chi connectivity index (χ0v) is 14.7. The number of benzene rings is 2. The number of thioether (sulfide) groups is 1. The average molecular weight is 364 g/mol. The Bertz CT molecular complexity index is 760. The standard InChI is InChI=1S/C19H18F2O3S/c1-3-24-16-7-5-4-6-13(16)8-10-15(22)14-9-11-18(25-19(20)21)17(12-14)23-2/h4-12,19H,3H2,1-2H3. The van der Waals surface area contributed by atoms with Crippen molar-refractivity contribution in [3.8, 4) is 11.5 Å². The van der Waals surface area contributed by atoms with Crippen molar-refractivity contribution in [2.24, 2.45) is 0 Å². The molecule has 6 heteroatoms. The molecule has 0 aliphatic rings. The molecule has 0 aliphatic heterocycles. The van der Waals surface area contributed by atoms with Gasteiger partial charge in [0.1, 0.15) is 11.5 Å². The maximum atomic E-state index is 12.5. The second-order valence-electron chi connectivity index (χ2n) is 4.91. The summed E-state index contributed by atoms with van der Waals surface area (Å²) in [6, 6.07) is 11.8. The smallest absolute Gasteiger partial charge is 0.289 e. The molecule has 0 heterocycles. The molecule has 25 heavy (non-hydrogen) atoms. The molecular formula is C19H18F2O3S. The van der Waals surface area contributed by atoms with E-state index in [4.69, 9.17) is 9.47 Å². The largest absolute Gasteiger partial charge is 0.496 e. The van der Waals surface area contributed by atoms with Crippen LogP contribution >= 0.6 is 11.8 Å². The molecule has 0 aromatic heterocycles. The number of halogens is 2. The zero-order valence-electron chi connectivity index (χ0n) is 13.9. The van der Waals surface area contributed by atoms with E-state index in [0.29, 0.717) is 34.6 Å². The third-order valence-corrected chi connectivity index (χ3v) is 4.07. The quantitative estimate of drug-likeness (QED) is 0.361. The van der Waals surface area contributed by atoms with E-state index in [2.05, 4.69) is 0 Å². The molecule has 2 aromatic rings. The first-order valence-electron chi connectivity index (χ1n) is 7.62. The molecule has 132 valence electrons. The van der Waals surface area contributed by atoms with E-state index in [-0.39, 0.29) is 11.5 Å². The molecule has 0 fully saturated rings. The summed E-state index contributed by atoms with van der Waals surface area (Å²) in [5, 5.41) is 0. The van der Waals surface area contributed by atoms with Crippen LogP contribution in [0.4, 0.5) is 8.78 Å². The van der Waals surface area contributed by atoms with Gasteiger partial charge in [-0.2, -0.15) is 8.78 Å². The Morgan fingerprint density at radius 2 is 1.96 bits per heavy atom. The minimum atomic E-state index is -2.55. The number of para-hydroxylation sites is 1. The Labute approximate surface area is 149 Å². The molecule has 0 atom stereocenters. The van der Waals surface area contributed by atoms with Crippen molar-refractivity contribution >= 4 is 23.6 Å². The summed E-state index contributed by atoms with van der Waals surface area (Å²) in [5.74, 6) is -1.86. The van der Waals surface area contributed by atoms with Crippen molar-refractivity contribution in [2.75, 3.05) is 13.7 Å². The Hall–Kier alpha value is -2.34. The van der Waals surface area contributed by atoms with Crippen LogP contribution in [0, 0.1) is 0 Å². The highest BCUT2D eigenvalue weighted by atomic mass is 32.2. The third kappa shape index (κ3) is 5.32. The van der Waals surface area contributed by atoms with Crippen LogP contribution in [0.25, 0.3) is 6.08 Å². The molecular weight excluding hydrogens is 346 g/mol. The zero-order chi connectivity index (χ0) is 18.2. The van der Waals surface area contributed by atoms with Gasteiger partial charge in [0, 0.05) is 11.1 Å². The van der Waals surface area contributed by atoms with Crippen LogP contribution in [0.15, 0.2) is 53.4 Å². The van der Waals surface area contributed by atoms with Crippen molar-refractivity contribution in [2.45, 2.75) is 17.6 Å². The lowest BCUT2D eigenvalue weighted by atomic mass is 10.1. The molecule has 0 saturated heterocycles. The number of alkyl halides is 2. The normalized spacial score (nSPS) is 11.1. The fourth-order valence-corrected chi connectivity index (χ4v) is 2.78. The lowest BCUT2D eigenvalue weighted by Gasteiger charge is -2.09. The van der Waals surface area contributed by atoms with Gasteiger partial charge in [-0.15, -0.1) is 0 Å². The first-order valence-corrected chi connectivity index (χ1v) is 8.50. The summed E-state index contributed by atoms with van der Waals surface area (Å²) >= 11 is 0.384. The number of ether oxygens (including phenoxy) is 2. The van der Waals surface area contributed by atoms with Crippen molar-refractivity contribution in [3.63, 3.8) is 0 Å². The monoisotopic (exact) mass is 364 g/mol. The van der Waals surface area contributed by atoms with E-state index in [1.54, 1.807) is 6.08 Å². The highest BCUT2D eigenvalue weighted by Gasteiger charge is 2.13. The molecule has 0 aliphatic carbocycles. The average Bonchev–Trinajstić information content (AvgIpc) is 2.61. The van der Waals surface area contributed by atoms with Gasteiger partial charge < -0.3 is 9.47 Å². The van der Waals surface area contributed by atoms with Gasteiger partial charge in [-0.3, -0.25) is 4.79 Å². The van der Waals surface area contributed by atoms with E-state index < -0.39 is 5.76 Å². The minimum absolute atomic E-state index is 0.249. The van der Waals surface area contributed by atoms with Gasteiger partial charge >= 0.3 is 0 Å². The van der Waals surface area contributed by atoms with Crippen LogP contribution in [-0.4, -0.2) is 25.3 Å².